The van der Waals surface area contributed by atoms with E-state index in [9.17, 15) is 14.4 Å². The maximum absolute atomic E-state index is 13.5. The van der Waals surface area contributed by atoms with Crippen LogP contribution in [0.2, 0.25) is 0 Å². The normalized spacial score (nSPS) is 11.0. The molecule has 2 aromatic carbocycles. The Morgan fingerprint density at radius 2 is 1.75 bits per heavy atom. The molecule has 0 aliphatic carbocycles. The number of hydrogen-bond acceptors (Lipinski definition) is 6. The third-order valence-corrected chi connectivity index (χ3v) is 6.03. The van der Waals surface area contributed by atoms with Gasteiger partial charge in [0.15, 0.2) is 5.52 Å². The number of rotatable bonds is 9. The van der Waals surface area contributed by atoms with E-state index in [1.807, 2.05) is 37.3 Å². The Labute approximate surface area is 207 Å². The van der Waals surface area contributed by atoms with Gasteiger partial charge in [-0.25, -0.2) is 4.79 Å². The largest absolute Gasteiger partial charge is 0.497 e. The molecule has 0 fully saturated rings. The number of carbonyl (C=O) groups is 1. The van der Waals surface area contributed by atoms with Gasteiger partial charge in [-0.15, -0.1) is 0 Å². The van der Waals surface area contributed by atoms with E-state index in [1.165, 1.54) is 23.4 Å². The Balaban J connectivity index is 1.74. The zero-order valence-corrected chi connectivity index (χ0v) is 20.8. The predicted molar refractivity (Wildman–Crippen MR) is 137 cm³/mol. The molecule has 2 aromatic heterocycles. The van der Waals surface area contributed by atoms with Crippen molar-refractivity contribution in [1.82, 2.24) is 18.9 Å². The summed E-state index contributed by atoms with van der Waals surface area (Å²) in [7, 11) is 3.03. The average molecular weight is 492 g/mol. The van der Waals surface area contributed by atoms with E-state index in [-0.39, 0.29) is 13.1 Å². The Morgan fingerprint density at radius 3 is 2.42 bits per heavy atom. The number of hydrogen-bond donors (Lipinski definition) is 1. The molecule has 10 heteroatoms. The standard InChI is InChI=1S/C26H29N5O5/c1-5-31-24-23(17(2)28-31)30(16-22(32)27-20-12-11-19(35-3)15-21(20)36-4)26(34)29(25(24)33)14-13-18-9-7-6-8-10-18/h6-12,15H,5,13-14,16H2,1-4H3,(H,27,32). The van der Waals surface area contributed by atoms with Gasteiger partial charge in [0, 0.05) is 19.2 Å². The molecule has 4 rings (SSSR count). The molecule has 1 amide bonds. The van der Waals surface area contributed by atoms with Gasteiger partial charge >= 0.3 is 5.69 Å². The molecule has 4 aromatic rings. The second kappa shape index (κ2) is 10.5. The third kappa shape index (κ3) is 4.74. The van der Waals surface area contributed by atoms with Crippen LogP contribution in [0.15, 0.2) is 58.1 Å². The average Bonchev–Trinajstić information content (AvgIpc) is 3.23. The van der Waals surface area contributed by atoms with E-state index in [2.05, 4.69) is 10.4 Å². The van der Waals surface area contributed by atoms with Crippen LogP contribution in [0.4, 0.5) is 5.69 Å². The van der Waals surface area contributed by atoms with Crippen molar-refractivity contribution < 1.29 is 14.3 Å². The first-order valence-electron chi connectivity index (χ1n) is 11.6. The minimum atomic E-state index is -0.556. The Kier molecular flexibility index (Phi) is 7.23. The Hall–Kier alpha value is -4.34. The molecule has 188 valence electrons. The van der Waals surface area contributed by atoms with Gasteiger partial charge in [0.25, 0.3) is 5.56 Å². The number of aromatic nitrogens is 4. The smallest absolute Gasteiger partial charge is 0.332 e. The molecule has 0 atom stereocenters. The van der Waals surface area contributed by atoms with E-state index in [4.69, 9.17) is 9.47 Å². The van der Waals surface area contributed by atoms with Crippen LogP contribution < -0.4 is 26.0 Å². The highest BCUT2D eigenvalue weighted by Crippen LogP contribution is 2.29. The van der Waals surface area contributed by atoms with E-state index in [1.54, 1.807) is 29.8 Å². The second-order valence-corrected chi connectivity index (χ2v) is 8.27. The number of carbonyl (C=O) groups excluding carboxylic acids is 1. The topological polar surface area (TPSA) is 109 Å². The molecule has 10 nitrogen and oxygen atoms in total. The molecule has 0 aliphatic rings. The third-order valence-electron chi connectivity index (χ3n) is 6.03. The van der Waals surface area contributed by atoms with Gasteiger partial charge in [0.05, 0.1) is 25.6 Å². The highest BCUT2D eigenvalue weighted by Gasteiger charge is 2.22. The van der Waals surface area contributed by atoms with Gasteiger partial charge in [0.1, 0.15) is 23.6 Å². The Bertz CT molecular complexity index is 1520. The fourth-order valence-corrected chi connectivity index (χ4v) is 4.26. The highest BCUT2D eigenvalue weighted by molar-refractivity contribution is 5.93. The molecule has 1 N–H and O–H groups in total. The lowest BCUT2D eigenvalue weighted by molar-refractivity contribution is -0.116. The minimum Gasteiger partial charge on any atom is -0.497 e. The molecule has 0 spiro atoms. The van der Waals surface area contributed by atoms with E-state index in [0.29, 0.717) is 46.9 Å². The molecule has 0 saturated carbocycles. The number of nitrogens with one attached hydrogen (secondary N) is 1. The summed E-state index contributed by atoms with van der Waals surface area (Å²) in [6.45, 7) is 3.93. The van der Waals surface area contributed by atoms with E-state index < -0.39 is 17.2 Å². The number of ether oxygens (including phenoxy) is 2. The van der Waals surface area contributed by atoms with Gasteiger partial charge in [0.2, 0.25) is 5.91 Å². The molecular weight excluding hydrogens is 462 g/mol. The van der Waals surface area contributed by atoms with Gasteiger partial charge < -0.3 is 14.8 Å². The lowest BCUT2D eigenvalue weighted by Gasteiger charge is -2.15. The fraction of sp³-hybridized carbons (Fsp3) is 0.308. The molecule has 0 saturated heterocycles. The molecule has 0 radical (unpaired) electrons. The van der Waals surface area contributed by atoms with Crippen molar-refractivity contribution in [3.8, 4) is 11.5 Å². The van der Waals surface area contributed by atoms with Crippen LogP contribution >= 0.6 is 0 Å². The number of anilines is 1. The fourth-order valence-electron chi connectivity index (χ4n) is 4.26. The van der Waals surface area contributed by atoms with Crippen molar-refractivity contribution in [2.75, 3.05) is 19.5 Å². The SMILES string of the molecule is CCn1nc(C)c2c1c(=O)n(CCc1ccccc1)c(=O)n2CC(=O)Nc1ccc(OC)cc1OC. The number of fused-ring (bicyclic) bond motifs is 1. The van der Waals surface area contributed by atoms with E-state index in [0.717, 1.165) is 5.56 Å². The van der Waals surface area contributed by atoms with Crippen LogP contribution in [-0.4, -0.2) is 39.0 Å². The van der Waals surface area contributed by atoms with Crippen molar-refractivity contribution in [3.05, 3.63) is 80.6 Å². The van der Waals surface area contributed by atoms with Gasteiger partial charge in [-0.3, -0.25) is 23.4 Å². The van der Waals surface area contributed by atoms with Crippen molar-refractivity contribution in [2.45, 2.75) is 39.9 Å². The maximum atomic E-state index is 13.5. The molecule has 0 unspecified atom stereocenters. The van der Waals surface area contributed by atoms with E-state index >= 15 is 0 Å². The molecular formula is C26H29N5O5. The van der Waals surface area contributed by atoms with Crippen LogP contribution in [0.3, 0.4) is 0 Å². The summed E-state index contributed by atoms with van der Waals surface area (Å²) in [6, 6.07) is 14.6. The summed E-state index contributed by atoms with van der Waals surface area (Å²) >= 11 is 0. The van der Waals surface area contributed by atoms with Gasteiger partial charge in [-0.05, 0) is 38.0 Å². The number of benzene rings is 2. The van der Waals surface area contributed by atoms with Crippen LogP contribution in [-0.2, 0) is 30.8 Å². The zero-order valence-electron chi connectivity index (χ0n) is 20.8. The highest BCUT2D eigenvalue weighted by atomic mass is 16.5. The number of nitrogens with zero attached hydrogens (tertiary/aromatic N) is 4. The number of amides is 1. The van der Waals surface area contributed by atoms with Gasteiger partial charge in [-0.2, -0.15) is 5.10 Å². The quantitative estimate of drug-likeness (QED) is 0.386. The second-order valence-electron chi connectivity index (χ2n) is 8.27. The summed E-state index contributed by atoms with van der Waals surface area (Å²) in [5.41, 5.74) is 1.63. The number of aryl methyl sites for hydroxylation is 3. The number of methoxy groups -OCH3 is 2. The van der Waals surface area contributed by atoms with Crippen LogP contribution in [0.25, 0.3) is 11.0 Å². The lowest BCUT2D eigenvalue weighted by Crippen LogP contribution is -2.42. The summed E-state index contributed by atoms with van der Waals surface area (Å²) < 4.78 is 14.6. The first-order chi connectivity index (χ1) is 17.4. The zero-order chi connectivity index (χ0) is 25.8. The first-order valence-corrected chi connectivity index (χ1v) is 11.6. The van der Waals surface area contributed by atoms with Crippen molar-refractivity contribution >= 4 is 22.6 Å². The lowest BCUT2D eigenvalue weighted by atomic mass is 10.1. The van der Waals surface area contributed by atoms with Crippen molar-refractivity contribution in [3.63, 3.8) is 0 Å². The maximum Gasteiger partial charge on any atom is 0.332 e. The van der Waals surface area contributed by atoms with Crippen LogP contribution in [0, 0.1) is 6.92 Å². The molecule has 0 aliphatic heterocycles. The molecule has 36 heavy (non-hydrogen) atoms. The Morgan fingerprint density at radius 1 is 1.00 bits per heavy atom. The van der Waals surface area contributed by atoms with Crippen LogP contribution in [0.1, 0.15) is 18.2 Å². The first kappa shape index (κ1) is 24.8. The summed E-state index contributed by atoms with van der Waals surface area (Å²) in [6.07, 6.45) is 0.496. The van der Waals surface area contributed by atoms with Gasteiger partial charge in [-0.1, -0.05) is 30.3 Å². The van der Waals surface area contributed by atoms with Crippen molar-refractivity contribution in [1.29, 1.82) is 0 Å². The summed E-state index contributed by atoms with van der Waals surface area (Å²) in [5, 5.41) is 7.24. The molecule has 2 heterocycles. The minimum absolute atomic E-state index is 0.180. The summed E-state index contributed by atoms with van der Waals surface area (Å²) in [4.78, 5) is 40.0. The monoisotopic (exact) mass is 491 g/mol. The summed E-state index contributed by atoms with van der Waals surface area (Å²) in [5.74, 6) is 0.553. The predicted octanol–water partition coefficient (Wildman–Crippen LogP) is 2.59. The van der Waals surface area contributed by atoms with Crippen LogP contribution in [0.5, 0.6) is 11.5 Å². The van der Waals surface area contributed by atoms with Crippen molar-refractivity contribution in [2.24, 2.45) is 0 Å². The molecule has 0 bridgehead atoms.